The minimum atomic E-state index is -0.375. The number of hydrogen-bond donors (Lipinski definition) is 1. The van der Waals surface area contributed by atoms with Gasteiger partial charge < -0.3 is 10.2 Å². The second kappa shape index (κ2) is 10.5. The van der Waals surface area contributed by atoms with Gasteiger partial charge in [0.25, 0.3) is 5.91 Å². The third-order valence-electron chi connectivity index (χ3n) is 6.17. The molecule has 2 aromatic carbocycles. The van der Waals surface area contributed by atoms with E-state index in [1.165, 1.54) is 16.8 Å². The van der Waals surface area contributed by atoms with Crippen LogP contribution in [-0.2, 0) is 11.2 Å². The van der Waals surface area contributed by atoms with Gasteiger partial charge in [-0.2, -0.15) is 10.4 Å². The molecule has 0 saturated heterocycles. The van der Waals surface area contributed by atoms with Crippen molar-refractivity contribution in [3.63, 3.8) is 0 Å². The number of benzene rings is 2. The number of hydrogen-bond acceptors (Lipinski definition) is 4. The molecule has 1 fully saturated rings. The summed E-state index contributed by atoms with van der Waals surface area (Å²) in [7, 11) is 0. The van der Waals surface area contributed by atoms with E-state index in [2.05, 4.69) is 16.5 Å². The second-order valence-electron chi connectivity index (χ2n) is 8.99. The molecule has 0 bridgehead atoms. The molecular weight excluding hydrogens is 445 g/mol. The molecule has 1 unspecified atom stereocenters. The molecule has 0 aliphatic heterocycles. The fraction of sp³-hybridized carbons (Fsp3) is 0.333. The first-order valence-electron chi connectivity index (χ1n) is 11.8. The van der Waals surface area contributed by atoms with Crippen LogP contribution in [0.3, 0.4) is 0 Å². The third kappa shape index (κ3) is 5.93. The van der Waals surface area contributed by atoms with E-state index in [1.54, 1.807) is 37.4 Å². The lowest BCUT2D eigenvalue weighted by Gasteiger charge is -2.26. The molecule has 1 N–H and O–H groups in total. The highest BCUT2D eigenvalue weighted by atomic mass is 19.1. The van der Waals surface area contributed by atoms with Crippen molar-refractivity contribution in [3.8, 4) is 11.8 Å². The Morgan fingerprint density at radius 2 is 2.00 bits per heavy atom. The fourth-order valence-corrected chi connectivity index (χ4v) is 4.12. The fourth-order valence-electron chi connectivity index (χ4n) is 4.12. The van der Waals surface area contributed by atoms with Crippen molar-refractivity contribution in [2.45, 2.75) is 39.2 Å². The molecule has 2 amide bonds. The van der Waals surface area contributed by atoms with Crippen LogP contribution in [0, 0.1) is 30.0 Å². The first kappa shape index (κ1) is 24.1. The molecule has 0 radical (unpaired) electrons. The van der Waals surface area contributed by atoms with Gasteiger partial charge in [-0.3, -0.25) is 9.59 Å². The van der Waals surface area contributed by atoms with Crippen molar-refractivity contribution in [2.75, 3.05) is 13.1 Å². The third-order valence-corrected chi connectivity index (χ3v) is 6.17. The summed E-state index contributed by atoms with van der Waals surface area (Å²) in [6.07, 6.45) is 4.13. The van der Waals surface area contributed by atoms with E-state index in [4.69, 9.17) is 5.26 Å². The van der Waals surface area contributed by atoms with Crippen LogP contribution in [0.1, 0.15) is 46.9 Å². The largest absolute Gasteiger partial charge is 0.350 e. The SMILES string of the molecule is Cc1nn(-c2cccc(F)c2)cc1C(=O)NCCN(C(=O)C(C)Cc1ccc(C#N)cc1)C1CC1. The number of aryl methyl sites for hydroxylation is 1. The Balaban J connectivity index is 1.34. The van der Waals surface area contributed by atoms with E-state index in [1.807, 2.05) is 24.0 Å². The Kier molecular flexibility index (Phi) is 7.25. The first-order chi connectivity index (χ1) is 16.9. The van der Waals surface area contributed by atoms with E-state index in [-0.39, 0.29) is 29.6 Å². The molecule has 7 nitrogen and oxygen atoms in total. The Hall–Kier alpha value is -3.99. The topological polar surface area (TPSA) is 91.0 Å². The average molecular weight is 474 g/mol. The Labute approximate surface area is 204 Å². The number of nitriles is 1. The molecule has 8 heteroatoms. The van der Waals surface area contributed by atoms with Gasteiger partial charge in [0.15, 0.2) is 0 Å². The lowest BCUT2D eigenvalue weighted by molar-refractivity contribution is -0.135. The van der Waals surface area contributed by atoms with Gasteiger partial charge >= 0.3 is 0 Å². The van der Waals surface area contributed by atoms with Crippen LogP contribution in [0.25, 0.3) is 5.69 Å². The van der Waals surface area contributed by atoms with Crippen molar-refractivity contribution in [1.29, 1.82) is 5.26 Å². The maximum absolute atomic E-state index is 13.5. The maximum atomic E-state index is 13.5. The highest BCUT2D eigenvalue weighted by molar-refractivity contribution is 5.95. The molecule has 35 heavy (non-hydrogen) atoms. The van der Waals surface area contributed by atoms with Crippen LogP contribution in [0.5, 0.6) is 0 Å². The minimum absolute atomic E-state index is 0.0706. The summed E-state index contributed by atoms with van der Waals surface area (Å²) >= 11 is 0. The normalized spacial score (nSPS) is 13.7. The summed E-state index contributed by atoms with van der Waals surface area (Å²) in [5.41, 5.74) is 3.10. The van der Waals surface area contributed by atoms with Crippen LogP contribution >= 0.6 is 0 Å². The van der Waals surface area contributed by atoms with Gasteiger partial charge in [0.1, 0.15) is 5.82 Å². The molecule has 4 rings (SSSR count). The van der Waals surface area contributed by atoms with E-state index in [0.29, 0.717) is 42.0 Å². The summed E-state index contributed by atoms with van der Waals surface area (Å²) in [6, 6.07) is 15.6. The zero-order valence-corrected chi connectivity index (χ0v) is 19.9. The van der Waals surface area contributed by atoms with Gasteiger partial charge in [-0.1, -0.05) is 25.1 Å². The predicted molar refractivity (Wildman–Crippen MR) is 129 cm³/mol. The van der Waals surface area contributed by atoms with E-state index < -0.39 is 0 Å². The van der Waals surface area contributed by atoms with Gasteiger partial charge in [0.2, 0.25) is 5.91 Å². The van der Waals surface area contributed by atoms with E-state index >= 15 is 0 Å². The standard InChI is InChI=1S/C27H28FN5O2/c1-18(14-20-6-8-21(16-29)9-7-20)27(35)32(23-10-11-23)13-12-30-26(34)25-17-33(31-19(25)2)24-5-3-4-22(28)15-24/h3-9,15,17-18,23H,10-14H2,1-2H3,(H,30,34). The van der Waals surface area contributed by atoms with Crippen molar-refractivity contribution in [2.24, 2.45) is 5.92 Å². The van der Waals surface area contributed by atoms with Crippen LogP contribution in [0.15, 0.2) is 54.7 Å². The molecule has 1 heterocycles. The molecule has 1 atom stereocenters. The maximum Gasteiger partial charge on any atom is 0.254 e. The Morgan fingerprint density at radius 3 is 2.66 bits per heavy atom. The quantitative estimate of drug-likeness (QED) is 0.512. The monoisotopic (exact) mass is 473 g/mol. The zero-order valence-electron chi connectivity index (χ0n) is 19.9. The van der Waals surface area contributed by atoms with Crippen LogP contribution in [-0.4, -0.2) is 45.6 Å². The van der Waals surface area contributed by atoms with Gasteiger partial charge in [-0.25, -0.2) is 9.07 Å². The number of halogens is 1. The Bertz CT molecular complexity index is 1260. The number of amides is 2. The van der Waals surface area contributed by atoms with Crippen molar-refractivity contribution in [1.82, 2.24) is 20.0 Å². The smallest absolute Gasteiger partial charge is 0.254 e. The van der Waals surface area contributed by atoms with Crippen molar-refractivity contribution >= 4 is 11.8 Å². The molecular formula is C27H28FN5O2. The number of nitrogens with zero attached hydrogens (tertiary/aromatic N) is 4. The van der Waals surface area contributed by atoms with Crippen LogP contribution in [0.2, 0.25) is 0 Å². The summed E-state index contributed by atoms with van der Waals surface area (Å²) in [5.74, 6) is -0.786. The van der Waals surface area contributed by atoms with Crippen LogP contribution in [0.4, 0.5) is 4.39 Å². The lowest BCUT2D eigenvalue weighted by atomic mass is 9.99. The summed E-state index contributed by atoms with van der Waals surface area (Å²) in [6.45, 7) is 4.41. The second-order valence-corrected chi connectivity index (χ2v) is 8.99. The molecule has 0 spiro atoms. The number of carbonyl (C=O) groups is 2. The minimum Gasteiger partial charge on any atom is -0.350 e. The number of nitrogens with one attached hydrogen (secondary N) is 1. The number of aromatic nitrogens is 2. The Morgan fingerprint density at radius 1 is 1.26 bits per heavy atom. The van der Waals surface area contributed by atoms with Gasteiger partial charge in [0, 0.05) is 31.2 Å². The lowest BCUT2D eigenvalue weighted by Crippen LogP contribution is -2.42. The van der Waals surface area contributed by atoms with Gasteiger partial charge in [0.05, 0.1) is 28.6 Å². The predicted octanol–water partition coefficient (Wildman–Crippen LogP) is 3.79. The summed E-state index contributed by atoms with van der Waals surface area (Å²) in [4.78, 5) is 27.8. The molecule has 1 aromatic heterocycles. The molecule has 1 saturated carbocycles. The zero-order chi connectivity index (χ0) is 24.9. The summed E-state index contributed by atoms with van der Waals surface area (Å²) in [5, 5.41) is 16.2. The highest BCUT2D eigenvalue weighted by Gasteiger charge is 2.34. The van der Waals surface area contributed by atoms with Gasteiger partial charge in [-0.15, -0.1) is 0 Å². The van der Waals surface area contributed by atoms with Crippen molar-refractivity contribution in [3.05, 3.63) is 82.9 Å². The van der Waals surface area contributed by atoms with Crippen LogP contribution < -0.4 is 5.32 Å². The first-order valence-corrected chi connectivity index (χ1v) is 11.8. The molecule has 1 aliphatic carbocycles. The van der Waals surface area contributed by atoms with E-state index in [9.17, 15) is 14.0 Å². The average Bonchev–Trinajstić information content (AvgIpc) is 3.62. The number of carbonyl (C=O) groups excluding carboxylic acids is 2. The number of rotatable bonds is 9. The summed E-state index contributed by atoms with van der Waals surface area (Å²) < 4.78 is 15.0. The van der Waals surface area contributed by atoms with Crippen molar-refractivity contribution < 1.29 is 14.0 Å². The van der Waals surface area contributed by atoms with Gasteiger partial charge in [-0.05, 0) is 62.1 Å². The molecule has 3 aromatic rings. The molecule has 1 aliphatic rings. The highest BCUT2D eigenvalue weighted by Crippen LogP contribution is 2.28. The molecule has 180 valence electrons. The van der Waals surface area contributed by atoms with E-state index in [0.717, 1.165) is 18.4 Å².